The van der Waals surface area contributed by atoms with Crippen molar-refractivity contribution in [1.82, 2.24) is 19.3 Å². The number of amides is 2. The largest absolute Gasteiger partial charge is 0.494 e. The first-order valence-corrected chi connectivity index (χ1v) is 15.0. The Balaban J connectivity index is 1.63. The highest BCUT2D eigenvalue weighted by atomic mass is 31.2. The second-order valence-corrected chi connectivity index (χ2v) is 11.1. The molecule has 0 atom stereocenters. The van der Waals surface area contributed by atoms with E-state index in [1.54, 1.807) is 59.5 Å². The minimum atomic E-state index is -3.42. The molecule has 0 aliphatic carbocycles. The molecule has 4 aromatic rings. The lowest BCUT2D eigenvalue weighted by atomic mass is 10.1. The van der Waals surface area contributed by atoms with Crippen LogP contribution in [0.5, 0.6) is 11.5 Å². The van der Waals surface area contributed by atoms with E-state index in [4.69, 9.17) is 24.3 Å². The summed E-state index contributed by atoms with van der Waals surface area (Å²) in [6.45, 7) is 8.65. The molecule has 2 aromatic heterocycles. The zero-order valence-corrected chi connectivity index (χ0v) is 25.1. The molecule has 0 unspecified atom stereocenters. The molecule has 224 valence electrons. The molecule has 2 heterocycles. The van der Waals surface area contributed by atoms with Gasteiger partial charge in [0.25, 0.3) is 5.91 Å². The Labute approximate surface area is 243 Å². The van der Waals surface area contributed by atoms with Crippen LogP contribution in [0.25, 0.3) is 11.0 Å². The summed E-state index contributed by atoms with van der Waals surface area (Å²) in [6, 6.07) is 11.4. The van der Waals surface area contributed by atoms with Crippen molar-refractivity contribution in [3.63, 3.8) is 0 Å². The van der Waals surface area contributed by atoms with Gasteiger partial charge in [0.1, 0.15) is 29.3 Å². The standard InChI is InChI=1S/C28H35N6O7P/c1-6-34-23(15-18(4)32-34)27(36)31-28-30-22-16-19(26(29)35)17-24(38-5)25(22)33(28)13-14-39-20-9-11-21(12-10-20)42(37,40-7-2)41-8-3/h9-12,15-17H,6-8,13-14H2,1-5H3,(H2,29,35)(H,30,31,36). The Kier molecular flexibility index (Phi) is 9.66. The third-order valence-corrected chi connectivity index (χ3v) is 8.43. The number of nitrogens with zero attached hydrogens (tertiary/aromatic N) is 4. The number of hydrogen-bond acceptors (Lipinski definition) is 9. The molecule has 0 aliphatic heterocycles. The number of anilines is 1. The fourth-order valence-electron chi connectivity index (χ4n) is 4.48. The van der Waals surface area contributed by atoms with Crippen LogP contribution in [0.3, 0.4) is 0 Å². The molecule has 4 rings (SSSR count). The van der Waals surface area contributed by atoms with Crippen molar-refractivity contribution in [2.75, 3.05) is 32.2 Å². The number of benzene rings is 2. The van der Waals surface area contributed by atoms with Gasteiger partial charge in [0.05, 0.1) is 43.4 Å². The molecule has 0 saturated heterocycles. The van der Waals surface area contributed by atoms with Crippen molar-refractivity contribution < 1.29 is 32.7 Å². The molecule has 0 radical (unpaired) electrons. The van der Waals surface area contributed by atoms with Crippen LogP contribution in [0.4, 0.5) is 5.95 Å². The van der Waals surface area contributed by atoms with E-state index in [1.807, 2.05) is 13.8 Å². The van der Waals surface area contributed by atoms with Crippen molar-refractivity contribution in [1.29, 1.82) is 0 Å². The van der Waals surface area contributed by atoms with Gasteiger partial charge in [-0.2, -0.15) is 5.10 Å². The SMILES string of the molecule is CCOP(=O)(OCC)c1ccc(OCCn2c(NC(=O)c3cc(C)nn3CC)nc3cc(C(N)=O)cc(OC)c32)cc1. The van der Waals surface area contributed by atoms with Crippen molar-refractivity contribution in [3.8, 4) is 11.5 Å². The smallest absolute Gasteiger partial charge is 0.361 e. The average Bonchev–Trinajstić information content (AvgIpc) is 3.52. The molecule has 3 N–H and O–H groups in total. The van der Waals surface area contributed by atoms with Gasteiger partial charge in [-0.05, 0) is 70.2 Å². The van der Waals surface area contributed by atoms with Crippen LogP contribution >= 0.6 is 7.60 Å². The van der Waals surface area contributed by atoms with Crippen LogP contribution in [-0.2, 0) is 26.7 Å². The van der Waals surface area contributed by atoms with E-state index in [0.29, 0.717) is 45.8 Å². The summed E-state index contributed by atoms with van der Waals surface area (Å²) in [5.41, 5.74) is 7.78. The Hall–Kier alpha value is -4.19. The molecule has 0 aliphatic rings. The summed E-state index contributed by atoms with van der Waals surface area (Å²) in [4.78, 5) is 29.8. The highest BCUT2D eigenvalue weighted by molar-refractivity contribution is 7.62. The van der Waals surface area contributed by atoms with Crippen molar-refractivity contribution in [2.24, 2.45) is 5.73 Å². The second kappa shape index (κ2) is 13.2. The number of primary amides is 1. The number of methoxy groups -OCH3 is 1. The van der Waals surface area contributed by atoms with Gasteiger partial charge < -0.3 is 28.8 Å². The summed E-state index contributed by atoms with van der Waals surface area (Å²) in [5, 5.41) is 7.64. The van der Waals surface area contributed by atoms with Crippen molar-refractivity contribution in [3.05, 3.63) is 59.4 Å². The number of imidazole rings is 1. The van der Waals surface area contributed by atoms with Gasteiger partial charge in [0.2, 0.25) is 11.9 Å². The van der Waals surface area contributed by atoms with E-state index >= 15 is 0 Å². The zero-order valence-electron chi connectivity index (χ0n) is 24.2. The van der Waals surface area contributed by atoms with Gasteiger partial charge in [0.15, 0.2) is 0 Å². The quantitative estimate of drug-likeness (QED) is 0.205. The minimum absolute atomic E-state index is 0.176. The average molecular weight is 599 g/mol. The first-order chi connectivity index (χ1) is 20.1. The second-order valence-electron chi connectivity index (χ2n) is 9.11. The fourth-order valence-corrected chi connectivity index (χ4v) is 6.05. The molecule has 42 heavy (non-hydrogen) atoms. The molecule has 0 saturated carbocycles. The molecule has 0 bridgehead atoms. The summed E-state index contributed by atoms with van der Waals surface area (Å²) in [7, 11) is -1.94. The first kappa shape index (κ1) is 30.8. The molecule has 0 fully saturated rings. The Morgan fingerprint density at radius 2 is 1.74 bits per heavy atom. The van der Waals surface area contributed by atoms with Crippen molar-refractivity contribution >= 4 is 41.7 Å². The maximum absolute atomic E-state index is 13.3. The third kappa shape index (κ3) is 6.48. The van der Waals surface area contributed by atoms with Gasteiger partial charge in [-0.3, -0.25) is 24.2 Å². The topological polar surface area (TPSA) is 162 Å². The first-order valence-electron chi connectivity index (χ1n) is 13.5. The lowest BCUT2D eigenvalue weighted by Crippen LogP contribution is -2.21. The number of aromatic nitrogens is 4. The maximum atomic E-state index is 13.3. The molecular weight excluding hydrogens is 563 g/mol. The number of rotatable bonds is 14. The van der Waals surface area contributed by atoms with Gasteiger partial charge in [-0.25, -0.2) is 4.98 Å². The summed E-state index contributed by atoms with van der Waals surface area (Å²) >= 11 is 0. The van der Waals surface area contributed by atoms with Crippen LogP contribution in [0.2, 0.25) is 0 Å². The normalized spacial score (nSPS) is 11.5. The number of fused-ring (bicyclic) bond motifs is 1. The van der Waals surface area contributed by atoms with Gasteiger partial charge in [-0.15, -0.1) is 0 Å². The number of aryl methyl sites for hydroxylation is 2. The van der Waals surface area contributed by atoms with Gasteiger partial charge >= 0.3 is 7.60 Å². The number of carbonyl (C=O) groups excluding carboxylic acids is 2. The molecule has 0 spiro atoms. The van der Waals surface area contributed by atoms with E-state index in [2.05, 4.69) is 15.4 Å². The van der Waals surface area contributed by atoms with E-state index in [-0.39, 0.29) is 37.9 Å². The monoisotopic (exact) mass is 598 g/mol. The van der Waals surface area contributed by atoms with Crippen LogP contribution < -0.4 is 25.8 Å². The minimum Gasteiger partial charge on any atom is -0.494 e. The van der Waals surface area contributed by atoms with Crippen LogP contribution in [0.1, 0.15) is 47.3 Å². The van der Waals surface area contributed by atoms with Gasteiger partial charge in [-0.1, -0.05) is 0 Å². The van der Waals surface area contributed by atoms with Gasteiger partial charge in [0, 0.05) is 12.1 Å². The van der Waals surface area contributed by atoms with E-state index in [9.17, 15) is 14.2 Å². The Bertz CT molecular complexity index is 1620. The van der Waals surface area contributed by atoms with Crippen LogP contribution in [0, 0.1) is 6.92 Å². The van der Waals surface area contributed by atoms with E-state index < -0.39 is 19.4 Å². The fraction of sp³-hybridized carbons (Fsp3) is 0.357. The lowest BCUT2D eigenvalue weighted by Gasteiger charge is -2.17. The highest BCUT2D eigenvalue weighted by Crippen LogP contribution is 2.46. The maximum Gasteiger partial charge on any atom is 0.361 e. The Morgan fingerprint density at radius 1 is 1.05 bits per heavy atom. The highest BCUT2D eigenvalue weighted by Gasteiger charge is 2.26. The number of carbonyl (C=O) groups is 2. The van der Waals surface area contributed by atoms with Crippen molar-refractivity contribution in [2.45, 2.75) is 40.8 Å². The summed E-state index contributed by atoms with van der Waals surface area (Å²) < 4.78 is 38.7. The molecule has 13 nitrogen and oxygen atoms in total. The number of ether oxygens (including phenoxy) is 2. The van der Waals surface area contributed by atoms with Crippen LogP contribution in [-0.4, -0.2) is 58.1 Å². The lowest BCUT2D eigenvalue weighted by molar-refractivity contribution is 0.0995. The van der Waals surface area contributed by atoms with E-state index in [0.717, 1.165) is 0 Å². The summed E-state index contributed by atoms with van der Waals surface area (Å²) in [6.07, 6.45) is 0. The number of nitrogens with two attached hydrogens (primary N) is 1. The predicted octanol–water partition coefficient (Wildman–Crippen LogP) is 3.89. The molecule has 14 heteroatoms. The predicted molar refractivity (Wildman–Crippen MR) is 158 cm³/mol. The third-order valence-electron chi connectivity index (χ3n) is 6.31. The molecule has 2 aromatic carbocycles. The van der Waals surface area contributed by atoms with Crippen LogP contribution in [0.15, 0.2) is 42.5 Å². The Morgan fingerprint density at radius 3 is 2.33 bits per heavy atom. The number of hydrogen-bond donors (Lipinski definition) is 2. The molecular formula is C28H35N6O7P. The summed E-state index contributed by atoms with van der Waals surface area (Å²) in [5.74, 6) is 0.0781. The van der Waals surface area contributed by atoms with E-state index in [1.165, 1.54) is 13.2 Å². The molecule has 2 amide bonds. The zero-order chi connectivity index (χ0) is 30.4. The number of nitrogens with one attached hydrogen (secondary N) is 1.